The maximum absolute atomic E-state index is 12.0. The molecule has 1 saturated heterocycles. The van der Waals surface area contributed by atoms with Gasteiger partial charge in [-0.2, -0.15) is 11.8 Å². The zero-order valence-corrected chi connectivity index (χ0v) is 12.6. The second-order valence-corrected chi connectivity index (χ2v) is 7.31. The normalized spacial score (nSPS) is 16.6. The first-order valence-electron chi connectivity index (χ1n) is 6.26. The molecule has 0 radical (unpaired) electrons. The van der Waals surface area contributed by atoms with Gasteiger partial charge in [0, 0.05) is 31.1 Å². The molecule has 2 rings (SSSR count). The van der Waals surface area contributed by atoms with Gasteiger partial charge in [0.2, 0.25) is 10.0 Å². The van der Waals surface area contributed by atoms with Crippen LogP contribution in [-0.4, -0.2) is 39.6 Å². The van der Waals surface area contributed by atoms with Crippen LogP contribution in [0.15, 0.2) is 23.1 Å². The van der Waals surface area contributed by atoms with E-state index >= 15 is 0 Å². The smallest absolute Gasteiger partial charge is 0.240 e. The summed E-state index contributed by atoms with van der Waals surface area (Å²) < 4.78 is 26.5. The number of nitrogens with one attached hydrogen (secondary N) is 1. The Hall–Kier alpha value is -0.920. The van der Waals surface area contributed by atoms with Gasteiger partial charge in [-0.25, -0.2) is 13.1 Å². The molecule has 0 saturated carbocycles. The van der Waals surface area contributed by atoms with Crippen molar-refractivity contribution in [3.05, 3.63) is 18.2 Å². The molecule has 7 heteroatoms. The molecule has 3 N–H and O–H groups in total. The van der Waals surface area contributed by atoms with Crippen molar-refractivity contribution in [3.63, 3.8) is 0 Å². The molecule has 1 aromatic rings. The minimum Gasteiger partial charge on any atom is -0.397 e. The van der Waals surface area contributed by atoms with Gasteiger partial charge in [0.05, 0.1) is 16.3 Å². The first-order chi connectivity index (χ1) is 9.04. The van der Waals surface area contributed by atoms with Crippen LogP contribution in [0.1, 0.15) is 6.92 Å². The summed E-state index contributed by atoms with van der Waals surface area (Å²) in [7, 11) is -3.43. The summed E-state index contributed by atoms with van der Waals surface area (Å²) in [5.74, 6) is 2.09. The fourth-order valence-corrected chi connectivity index (χ4v) is 4.01. The van der Waals surface area contributed by atoms with Gasteiger partial charge in [0.1, 0.15) is 0 Å². The van der Waals surface area contributed by atoms with Crippen molar-refractivity contribution in [1.82, 2.24) is 4.72 Å². The van der Waals surface area contributed by atoms with Crippen LogP contribution >= 0.6 is 11.8 Å². The summed E-state index contributed by atoms with van der Waals surface area (Å²) in [4.78, 5) is 2.42. The molecule has 106 valence electrons. The molecule has 5 nitrogen and oxygen atoms in total. The third-order valence-electron chi connectivity index (χ3n) is 3.00. The molecule has 0 aromatic heterocycles. The Morgan fingerprint density at radius 2 is 2.05 bits per heavy atom. The highest BCUT2D eigenvalue weighted by Gasteiger charge is 2.18. The third kappa shape index (κ3) is 3.34. The van der Waals surface area contributed by atoms with Crippen LogP contribution in [0.4, 0.5) is 11.4 Å². The van der Waals surface area contributed by atoms with E-state index in [-0.39, 0.29) is 4.90 Å². The van der Waals surface area contributed by atoms with E-state index in [2.05, 4.69) is 9.62 Å². The molecule has 0 spiro atoms. The van der Waals surface area contributed by atoms with Crippen molar-refractivity contribution in [1.29, 1.82) is 0 Å². The monoisotopic (exact) mass is 301 g/mol. The number of benzene rings is 1. The summed E-state index contributed by atoms with van der Waals surface area (Å²) in [6.45, 7) is 3.94. The van der Waals surface area contributed by atoms with Crippen LogP contribution in [0.5, 0.6) is 0 Å². The molecule has 1 aromatic carbocycles. The van der Waals surface area contributed by atoms with E-state index in [1.54, 1.807) is 25.1 Å². The van der Waals surface area contributed by atoms with Gasteiger partial charge in [-0.1, -0.05) is 6.92 Å². The standard InChI is InChI=1S/C12H19N3O2S2/c1-2-14-19(16,17)10-3-4-11(13)12(9-10)15-5-7-18-8-6-15/h3-4,9,14H,2,5-8,13H2,1H3. The van der Waals surface area contributed by atoms with Crippen LogP contribution < -0.4 is 15.4 Å². The number of thioether (sulfide) groups is 1. The van der Waals surface area contributed by atoms with Gasteiger partial charge in [0.25, 0.3) is 0 Å². The first-order valence-corrected chi connectivity index (χ1v) is 8.90. The number of hydrogen-bond donors (Lipinski definition) is 2. The van der Waals surface area contributed by atoms with Crippen molar-refractivity contribution < 1.29 is 8.42 Å². The fourth-order valence-electron chi connectivity index (χ4n) is 2.04. The maximum Gasteiger partial charge on any atom is 0.240 e. The van der Waals surface area contributed by atoms with E-state index in [0.29, 0.717) is 12.2 Å². The predicted octanol–water partition coefficient (Wildman–Crippen LogP) is 1.12. The van der Waals surface area contributed by atoms with E-state index in [1.807, 2.05) is 11.8 Å². The summed E-state index contributed by atoms with van der Waals surface area (Å²) in [5.41, 5.74) is 7.42. The van der Waals surface area contributed by atoms with Gasteiger partial charge < -0.3 is 10.6 Å². The van der Waals surface area contributed by atoms with Crippen molar-refractivity contribution in [2.75, 3.05) is 41.8 Å². The molecule has 0 atom stereocenters. The lowest BCUT2D eigenvalue weighted by Gasteiger charge is -2.29. The van der Waals surface area contributed by atoms with Crippen LogP contribution in [0.3, 0.4) is 0 Å². The largest absolute Gasteiger partial charge is 0.397 e. The van der Waals surface area contributed by atoms with Gasteiger partial charge in [-0.3, -0.25) is 0 Å². The Morgan fingerprint density at radius 3 is 2.68 bits per heavy atom. The Bertz CT molecular complexity index is 540. The minimum absolute atomic E-state index is 0.275. The third-order valence-corrected chi connectivity index (χ3v) is 5.48. The number of nitrogen functional groups attached to an aromatic ring is 1. The number of nitrogens with two attached hydrogens (primary N) is 1. The minimum atomic E-state index is -3.43. The van der Waals surface area contributed by atoms with Crippen LogP contribution in [-0.2, 0) is 10.0 Å². The molecular weight excluding hydrogens is 282 g/mol. The van der Waals surface area contributed by atoms with Gasteiger partial charge >= 0.3 is 0 Å². The van der Waals surface area contributed by atoms with E-state index in [4.69, 9.17) is 5.73 Å². The molecule has 0 amide bonds. The number of hydrogen-bond acceptors (Lipinski definition) is 5. The van der Waals surface area contributed by atoms with E-state index < -0.39 is 10.0 Å². The maximum atomic E-state index is 12.0. The number of anilines is 2. The highest BCUT2D eigenvalue weighted by molar-refractivity contribution is 7.99. The van der Waals surface area contributed by atoms with Crippen molar-refractivity contribution >= 4 is 33.2 Å². The van der Waals surface area contributed by atoms with Gasteiger partial charge in [-0.05, 0) is 18.2 Å². The molecular formula is C12H19N3O2S2. The van der Waals surface area contributed by atoms with Crippen molar-refractivity contribution in [2.24, 2.45) is 0 Å². The van der Waals surface area contributed by atoms with Gasteiger partial charge in [0.15, 0.2) is 0 Å². The Balaban J connectivity index is 2.34. The highest BCUT2D eigenvalue weighted by atomic mass is 32.2. The van der Waals surface area contributed by atoms with E-state index in [0.717, 1.165) is 30.3 Å². The Morgan fingerprint density at radius 1 is 1.37 bits per heavy atom. The zero-order chi connectivity index (χ0) is 13.9. The topological polar surface area (TPSA) is 75.4 Å². The molecule has 1 fully saturated rings. The predicted molar refractivity (Wildman–Crippen MR) is 81.3 cm³/mol. The van der Waals surface area contributed by atoms with E-state index in [1.165, 1.54) is 0 Å². The molecule has 0 unspecified atom stereocenters. The Kier molecular flexibility index (Phi) is 4.59. The van der Waals surface area contributed by atoms with Crippen LogP contribution in [0.2, 0.25) is 0 Å². The summed E-state index contributed by atoms with van der Waals surface area (Å²) >= 11 is 1.90. The molecule has 0 aliphatic carbocycles. The van der Waals surface area contributed by atoms with E-state index in [9.17, 15) is 8.42 Å². The van der Waals surface area contributed by atoms with Gasteiger partial charge in [-0.15, -0.1) is 0 Å². The van der Waals surface area contributed by atoms with Crippen LogP contribution in [0.25, 0.3) is 0 Å². The zero-order valence-electron chi connectivity index (χ0n) is 10.9. The van der Waals surface area contributed by atoms with Crippen molar-refractivity contribution in [2.45, 2.75) is 11.8 Å². The summed E-state index contributed by atoms with van der Waals surface area (Å²) in [6.07, 6.45) is 0. The lowest BCUT2D eigenvalue weighted by Crippen LogP contribution is -2.33. The average Bonchev–Trinajstić information content (AvgIpc) is 2.40. The SMILES string of the molecule is CCNS(=O)(=O)c1ccc(N)c(N2CCSCC2)c1. The quantitative estimate of drug-likeness (QED) is 0.815. The molecule has 1 aliphatic heterocycles. The second kappa shape index (κ2) is 6.02. The lowest BCUT2D eigenvalue weighted by molar-refractivity contribution is 0.584. The molecule has 0 bridgehead atoms. The molecule has 1 aliphatic rings. The highest BCUT2D eigenvalue weighted by Crippen LogP contribution is 2.28. The fraction of sp³-hybridized carbons (Fsp3) is 0.500. The summed E-state index contributed by atoms with van der Waals surface area (Å²) in [6, 6.07) is 4.89. The first kappa shape index (κ1) is 14.5. The number of sulfonamides is 1. The van der Waals surface area contributed by atoms with Crippen LogP contribution in [0, 0.1) is 0 Å². The molecule has 1 heterocycles. The lowest BCUT2D eigenvalue weighted by atomic mass is 10.2. The number of rotatable bonds is 4. The average molecular weight is 301 g/mol. The Labute approximate surface area is 118 Å². The number of nitrogens with zero attached hydrogens (tertiary/aromatic N) is 1. The summed E-state index contributed by atoms with van der Waals surface area (Å²) in [5, 5.41) is 0. The molecule has 19 heavy (non-hydrogen) atoms. The second-order valence-electron chi connectivity index (χ2n) is 4.32. The van der Waals surface area contributed by atoms with Crippen molar-refractivity contribution in [3.8, 4) is 0 Å².